The molecule has 8 heteroatoms. The molecule has 3 aromatic rings. The number of sulfonamides is 1. The van der Waals surface area contributed by atoms with Gasteiger partial charge in [-0.15, -0.1) is 0 Å². The minimum absolute atomic E-state index is 0.187. The monoisotopic (exact) mass is 398 g/mol. The van der Waals surface area contributed by atoms with E-state index in [9.17, 15) is 13.2 Å². The maximum Gasteiger partial charge on any atom is 0.253 e. The molecule has 1 aliphatic heterocycles. The zero-order valence-electron chi connectivity index (χ0n) is 15.6. The third kappa shape index (κ3) is 3.29. The van der Waals surface area contributed by atoms with E-state index in [0.717, 1.165) is 35.8 Å². The van der Waals surface area contributed by atoms with Gasteiger partial charge in [0.05, 0.1) is 10.5 Å². The van der Waals surface area contributed by atoms with Crippen LogP contribution in [0, 0.1) is 0 Å². The van der Waals surface area contributed by atoms with Crippen LogP contribution in [0.15, 0.2) is 47.6 Å². The molecule has 1 amide bonds. The lowest BCUT2D eigenvalue weighted by Gasteiger charge is -2.25. The molecule has 2 aromatic heterocycles. The molecule has 1 fully saturated rings. The van der Waals surface area contributed by atoms with E-state index >= 15 is 0 Å². The molecule has 0 atom stereocenters. The van der Waals surface area contributed by atoms with Crippen molar-refractivity contribution in [3.05, 3.63) is 48.3 Å². The Morgan fingerprint density at radius 1 is 1.11 bits per heavy atom. The number of fused-ring (bicyclic) bond motifs is 1. The van der Waals surface area contributed by atoms with Crippen molar-refractivity contribution >= 4 is 27.0 Å². The number of amides is 1. The summed E-state index contributed by atoms with van der Waals surface area (Å²) in [5, 5.41) is 3.34. The molecule has 28 heavy (non-hydrogen) atoms. The van der Waals surface area contributed by atoms with Crippen LogP contribution in [0.2, 0.25) is 0 Å². The van der Waals surface area contributed by atoms with Crippen molar-refractivity contribution in [2.45, 2.75) is 24.2 Å². The van der Waals surface area contributed by atoms with E-state index in [0.29, 0.717) is 29.2 Å². The highest BCUT2D eigenvalue weighted by atomic mass is 32.2. The highest BCUT2D eigenvalue weighted by Gasteiger charge is 2.25. The van der Waals surface area contributed by atoms with E-state index in [2.05, 4.69) is 15.3 Å². The Bertz CT molecular complexity index is 1110. The first kappa shape index (κ1) is 18.6. The van der Waals surface area contributed by atoms with Crippen molar-refractivity contribution in [2.24, 2.45) is 0 Å². The topological polar surface area (TPSA) is 95.2 Å². The zero-order valence-corrected chi connectivity index (χ0v) is 16.4. The lowest BCUT2D eigenvalue weighted by molar-refractivity contribution is 0.0964. The molecule has 0 spiro atoms. The molecule has 1 saturated heterocycles. The van der Waals surface area contributed by atoms with Crippen molar-refractivity contribution in [2.75, 3.05) is 20.1 Å². The van der Waals surface area contributed by atoms with Crippen molar-refractivity contribution in [1.29, 1.82) is 0 Å². The number of carbonyl (C=O) groups excluding carboxylic acids is 1. The quantitative estimate of drug-likeness (QED) is 0.706. The third-order valence-corrected chi connectivity index (χ3v) is 7.06. The summed E-state index contributed by atoms with van der Waals surface area (Å²) >= 11 is 0. The van der Waals surface area contributed by atoms with E-state index in [4.69, 9.17) is 0 Å². The highest BCUT2D eigenvalue weighted by molar-refractivity contribution is 7.89. The summed E-state index contributed by atoms with van der Waals surface area (Å²) in [6.45, 7) is 1.17. The van der Waals surface area contributed by atoms with Crippen LogP contribution in [0.4, 0.5) is 0 Å². The van der Waals surface area contributed by atoms with Gasteiger partial charge < -0.3 is 10.3 Å². The predicted octanol–water partition coefficient (Wildman–Crippen LogP) is 2.76. The third-order valence-electron chi connectivity index (χ3n) is 5.14. The van der Waals surface area contributed by atoms with Crippen LogP contribution >= 0.6 is 0 Å². The van der Waals surface area contributed by atoms with Gasteiger partial charge in [-0.2, -0.15) is 4.31 Å². The first-order chi connectivity index (χ1) is 13.5. The van der Waals surface area contributed by atoms with Crippen LogP contribution < -0.4 is 5.32 Å². The van der Waals surface area contributed by atoms with Gasteiger partial charge in [0.25, 0.3) is 5.91 Å². The molecule has 7 nitrogen and oxygen atoms in total. The summed E-state index contributed by atoms with van der Waals surface area (Å²) in [6.07, 6.45) is 6.24. The molecule has 4 rings (SSSR count). The fourth-order valence-electron chi connectivity index (χ4n) is 3.56. The van der Waals surface area contributed by atoms with Gasteiger partial charge in [0, 0.05) is 43.5 Å². The molecule has 0 radical (unpaired) electrons. The van der Waals surface area contributed by atoms with E-state index in [-0.39, 0.29) is 5.91 Å². The van der Waals surface area contributed by atoms with Gasteiger partial charge in [-0.1, -0.05) is 18.6 Å². The Balaban J connectivity index is 1.66. The van der Waals surface area contributed by atoms with E-state index in [1.54, 1.807) is 48.0 Å². The standard InChI is InChI=1S/C20H22N4O3S/c1-21-20(25)18-13-23-19-17(18)11-15(12-22-19)14-5-7-16(8-6-14)28(26,27)24-9-3-2-4-10-24/h5-8,11-13H,2-4,9-10H2,1H3,(H,21,25)(H,22,23). The molecule has 0 unspecified atom stereocenters. The van der Waals surface area contributed by atoms with Crippen molar-refractivity contribution < 1.29 is 13.2 Å². The molecule has 1 aromatic carbocycles. The molecule has 1 aliphatic rings. The average Bonchev–Trinajstić information content (AvgIpc) is 3.17. The second-order valence-corrected chi connectivity index (χ2v) is 8.83. The first-order valence-corrected chi connectivity index (χ1v) is 10.7. The molecular formula is C20H22N4O3S. The molecular weight excluding hydrogens is 376 g/mol. The largest absolute Gasteiger partial charge is 0.355 e. The molecule has 0 saturated carbocycles. The number of hydrogen-bond donors (Lipinski definition) is 2. The number of piperidine rings is 1. The summed E-state index contributed by atoms with van der Waals surface area (Å²) < 4.78 is 27.1. The Hall–Kier alpha value is -2.71. The van der Waals surface area contributed by atoms with Gasteiger partial charge in [0.2, 0.25) is 10.0 Å². The molecule has 0 bridgehead atoms. The predicted molar refractivity (Wildman–Crippen MR) is 108 cm³/mol. The number of rotatable bonds is 4. The van der Waals surface area contributed by atoms with Crippen molar-refractivity contribution in [1.82, 2.24) is 19.6 Å². The minimum atomic E-state index is -3.45. The van der Waals surface area contributed by atoms with Crippen LogP contribution in [0.5, 0.6) is 0 Å². The Morgan fingerprint density at radius 2 is 1.82 bits per heavy atom. The number of nitrogens with one attached hydrogen (secondary N) is 2. The van der Waals surface area contributed by atoms with Crippen LogP contribution in [0.25, 0.3) is 22.2 Å². The van der Waals surface area contributed by atoms with Crippen LogP contribution in [-0.4, -0.2) is 48.7 Å². The molecule has 146 valence electrons. The first-order valence-electron chi connectivity index (χ1n) is 9.30. The zero-order chi connectivity index (χ0) is 19.7. The summed E-state index contributed by atoms with van der Waals surface area (Å²) in [7, 11) is -1.86. The summed E-state index contributed by atoms with van der Waals surface area (Å²) in [4.78, 5) is 19.7. The highest BCUT2D eigenvalue weighted by Crippen LogP contribution is 2.27. The maximum atomic E-state index is 12.8. The summed E-state index contributed by atoms with van der Waals surface area (Å²) in [5.41, 5.74) is 2.82. The van der Waals surface area contributed by atoms with Crippen molar-refractivity contribution in [3.8, 4) is 11.1 Å². The van der Waals surface area contributed by atoms with Crippen molar-refractivity contribution in [3.63, 3.8) is 0 Å². The SMILES string of the molecule is CNC(=O)c1c[nH]c2ncc(-c3ccc(S(=O)(=O)N4CCCCC4)cc3)cc12. The smallest absolute Gasteiger partial charge is 0.253 e. The molecule has 0 aliphatic carbocycles. The Morgan fingerprint density at radius 3 is 2.50 bits per heavy atom. The normalized spacial score (nSPS) is 15.6. The van der Waals surface area contributed by atoms with Gasteiger partial charge in [0.1, 0.15) is 5.65 Å². The van der Waals surface area contributed by atoms with Gasteiger partial charge in [0.15, 0.2) is 0 Å². The number of pyridine rings is 1. The average molecular weight is 398 g/mol. The fourth-order valence-corrected chi connectivity index (χ4v) is 5.07. The maximum absolute atomic E-state index is 12.8. The fraction of sp³-hybridized carbons (Fsp3) is 0.300. The summed E-state index contributed by atoms with van der Waals surface area (Å²) in [5.74, 6) is -0.187. The van der Waals surface area contributed by atoms with Crippen LogP contribution in [0.1, 0.15) is 29.6 Å². The number of hydrogen-bond acceptors (Lipinski definition) is 4. The van der Waals surface area contributed by atoms with Gasteiger partial charge >= 0.3 is 0 Å². The van der Waals surface area contributed by atoms with Gasteiger partial charge in [-0.3, -0.25) is 4.79 Å². The lowest BCUT2D eigenvalue weighted by Crippen LogP contribution is -2.35. The van der Waals surface area contributed by atoms with Crippen LogP contribution in [0.3, 0.4) is 0 Å². The number of aromatic amines is 1. The van der Waals surface area contributed by atoms with E-state index in [1.807, 2.05) is 6.07 Å². The second kappa shape index (κ2) is 7.37. The van der Waals surface area contributed by atoms with Gasteiger partial charge in [-0.25, -0.2) is 13.4 Å². The Labute approximate surface area is 163 Å². The molecule has 2 N–H and O–H groups in total. The minimum Gasteiger partial charge on any atom is -0.355 e. The number of H-pyrrole nitrogens is 1. The van der Waals surface area contributed by atoms with E-state index < -0.39 is 10.0 Å². The number of benzene rings is 1. The van der Waals surface area contributed by atoms with Crippen LogP contribution in [-0.2, 0) is 10.0 Å². The number of carbonyl (C=O) groups is 1. The summed E-state index contributed by atoms with van der Waals surface area (Å²) in [6, 6.07) is 8.73. The second-order valence-electron chi connectivity index (χ2n) is 6.89. The number of aromatic nitrogens is 2. The Kier molecular flexibility index (Phi) is 4.91. The van der Waals surface area contributed by atoms with E-state index in [1.165, 1.54) is 0 Å². The van der Waals surface area contributed by atoms with Gasteiger partial charge in [-0.05, 0) is 36.6 Å². The molecule has 3 heterocycles. The number of nitrogens with zero attached hydrogens (tertiary/aromatic N) is 2. The lowest BCUT2D eigenvalue weighted by atomic mass is 10.1.